The van der Waals surface area contributed by atoms with Crippen LogP contribution in [0.25, 0.3) is 0 Å². The van der Waals surface area contributed by atoms with E-state index in [0.29, 0.717) is 5.92 Å². The molecule has 0 heterocycles. The Bertz CT molecular complexity index is 398. The highest BCUT2D eigenvalue weighted by atomic mass is 35.5. The van der Waals surface area contributed by atoms with Gasteiger partial charge in [-0.3, -0.25) is 0 Å². The minimum atomic E-state index is 0.175. The Balaban J connectivity index is 2.71. The first-order chi connectivity index (χ1) is 7.02. The van der Waals surface area contributed by atoms with Crippen molar-refractivity contribution in [1.29, 1.82) is 0 Å². The summed E-state index contributed by atoms with van der Waals surface area (Å²) in [5.74, 6) is 0.621. The molecule has 1 aliphatic carbocycles. The van der Waals surface area contributed by atoms with Crippen molar-refractivity contribution in [3.05, 3.63) is 33.3 Å². The van der Waals surface area contributed by atoms with Crippen LogP contribution in [-0.4, -0.2) is 0 Å². The first-order valence-electron chi connectivity index (χ1n) is 5.57. The molecule has 1 aromatic rings. The summed E-state index contributed by atoms with van der Waals surface area (Å²) < 4.78 is 0. The monoisotopic (exact) mass is 223 g/mol. The average Bonchev–Trinajstić information content (AvgIpc) is 2.18. The molecule has 2 N–H and O–H groups in total. The van der Waals surface area contributed by atoms with Crippen LogP contribution in [-0.2, 0) is 0 Å². The van der Waals surface area contributed by atoms with E-state index in [2.05, 4.69) is 26.8 Å². The van der Waals surface area contributed by atoms with Crippen LogP contribution in [0.4, 0.5) is 0 Å². The van der Waals surface area contributed by atoms with Crippen LogP contribution in [0.2, 0.25) is 5.02 Å². The van der Waals surface area contributed by atoms with Gasteiger partial charge < -0.3 is 5.73 Å². The van der Waals surface area contributed by atoms with Gasteiger partial charge in [-0.05, 0) is 60.9 Å². The van der Waals surface area contributed by atoms with Crippen molar-refractivity contribution < 1.29 is 0 Å². The van der Waals surface area contributed by atoms with E-state index in [1.54, 1.807) is 0 Å². The normalized spacial score (nSPS) is 25.1. The summed E-state index contributed by atoms with van der Waals surface area (Å²) in [6.07, 6.45) is 2.27. The second-order valence-corrected chi connectivity index (χ2v) is 5.12. The fraction of sp³-hybridized carbons (Fsp3) is 0.538. The molecule has 15 heavy (non-hydrogen) atoms. The average molecular weight is 224 g/mol. The quantitative estimate of drug-likeness (QED) is 0.710. The van der Waals surface area contributed by atoms with Gasteiger partial charge in [0.2, 0.25) is 0 Å². The molecule has 1 unspecified atom stereocenters. The maximum Gasteiger partial charge on any atom is 0.0441 e. The van der Waals surface area contributed by atoms with Crippen molar-refractivity contribution in [2.24, 2.45) is 5.73 Å². The highest BCUT2D eigenvalue weighted by molar-refractivity contribution is 6.31. The summed E-state index contributed by atoms with van der Waals surface area (Å²) in [6, 6.07) is 2.25. The fourth-order valence-electron chi connectivity index (χ4n) is 2.77. The fourth-order valence-corrected chi connectivity index (χ4v) is 3.03. The number of hydrogen-bond donors (Lipinski definition) is 1. The highest BCUT2D eigenvalue weighted by Gasteiger charge is 2.26. The second-order valence-electron chi connectivity index (χ2n) is 4.71. The lowest BCUT2D eigenvalue weighted by Crippen LogP contribution is -2.21. The SMILES string of the molecule is Cc1cc(Cl)c(C)c2c1C(C)CC[C@@H]2N. The topological polar surface area (TPSA) is 26.0 Å². The molecule has 0 saturated carbocycles. The van der Waals surface area contributed by atoms with E-state index >= 15 is 0 Å². The van der Waals surface area contributed by atoms with Crippen LogP contribution in [0, 0.1) is 13.8 Å². The number of fused-ring (bicyclic) bond motifs is 1. The van der Waals surface area contributed by atoms with Gasteiger partial charge in [-0.15, -0.1) is 0 Å². The summed E-state index contributed by atoms with van der Waals surface area (Å²) in [7, 11) is 0. The van der Waals surface area contributed by atoms with Crippen LogP contribution in [0.1, 0.15) is 54.0 Å². The maximum atomic E-state index is 6.21. The van der Waals surface area contributed by atoms with Gasteiger partial charge in [0.25, 0.3) is 0 Å². The molecule has 2 heteroatoms. The number of rotatable bonds is 0. The van der Waals surface area contributed by atoms with Gasteiger partial charge in [0.1, 0.15) is 0 Å². The Morgan fingerprint density at radius 1 is 1.27 bits per heavy atom. The number of hydrogen-bond acceptors (Lipinski definition) is 1. The molecule has 1 nitrogen and oxygen atoms in total. The molecule has 82 valence electrons. The molecule has 0 radical (unpaired) electrons. The lowest BCUT2D eigenvalue weighted by molar-refractivity contribution is 0.509. The number of nitrogens with two attached hydrogens (primary N) is 1. The molecular formula is C13H18ClN. The zero-order valence-corrected chi connectivity index (χ0v) is 10.4. The molecule has 0 aromatic heterocycles. The van der Waals surface area contributed by atoms with Gasteiger partial charge >= 0.3 is 0 Å². The first kappa shape index (κ1) is 11.0. The summed E-state index contributed by atoms with van der Waals surface area (Å²) in [5.41, 5.74) is 11.4. The standard InChI is InChI=1S/C13H18ClN/c1-7-4-5-11(15)13-9(3)10(14)6-8(2)12(7)13/h6-7,11H,4-5,15H2,1-3H3/t7?,11-/m0/s1. The summed E-state index contributed by atoms with van der Waals surface area (Å²) in [4.78, 5) is 0. The lowest BCUT2D eigenvalue weighted by atomic mass is 9.77. The third-order valence-corrected chi connectivity index (χ3v) is 3.99. The predicted molar refractivity (Wildman–Crippen MR) is 65.5 cm³/mol. The Kier molecular flexibility index (Phi) is 2.78. The third-order valence-electron chi connectivity index (χ3n) is 3.59. The van der Waals surface area contributed by atoms with Crippen molar-refractivity contribution in [2.45, 2.75) is 45.6 Å². The van der Waals surface area contributed by atoms with Crippen molar-refractivity contribution in [1.82, 2.24) is 0 Å². The third kappa shape index (κ3) is 1.68. The van der Waals surface area contributed by atoms with Gasteiger partial charge in [0, 0.05) is 11.1 Å². The van der Waals surface area contributed by atoms with Gasteiger partial charge in [-0.25, -0.2) is 0 Å². The van der Waals surface area contributed by atoms with E-state index in [9.17, 15) is 0 Å². The number of halogens is 1. The minimum absolute atomic E-state index is 0.175. The van der Waals surface area contributed by atoms with E-state index < -0.39 is 0 Å². The van der Waals surface area contributed by atoms with Gasteiger partial charge in [-0.1, -0.05) is 18.5 Å². The van der Waals surface area contributed by atoms with Crippen LogP contribution in [0.5, 0.6) is 0 Å². The first-order valence-corrected chi connectivity index (χ1v) is 5.95. The zero-order chi connectivity index (χ0) is 11.2. The molecular weight excluding hydrogens is 206 g/mol. The largest absolute Gasteiger partial charge is 0.324 e. The molecule has 2 atom stereocenters. The van der Waals surface area contributed by atoms with Crippen LogP contribution in [0.3, 0.4) is 0 Å². The van der Waals surface area contributed by atoms with Crippen LogP contribution >= 0.6 is 11.6 Å². The Morgan fingerprint density at radius 3 is 2.60 bits per heavy atom. The molecule has 0 bridgehead atoms. The van der Waals surface area contributed by atoms with Gasteiger partial charge in [0.05, 0.1) is 0 Å². The molecule has 1 aliphatic rings. The Morgan fingerprint density at radius 2 is 1.93 bits per heavy atom. The lowest BCUT2D eigenvalue weighted by Gasteiger charge is -2.31. The van der Waals surface area contributed by atoms with Crippen molar-refractivity contribution in [3.8, 4) is 0 Å². The van der Waals surface area contributed by atoms with Crippen LogP contribution < -0.4 is 5.73 Å². The Labute approximate surface area is 96.6 Å². The van der Waals surface area contributed by atoms with Crippen LogP contribution in [0.15, 0.2) is 6.07 Å². The van der Waals surface area contributed by atoms with E-state index in [1.165, 1.54) is 28.7 Å². The highest BCUT2D eigenvalue weighted by Crippen LogP contribution is 2.41. The van der Waals surface area contributed by atoms with E-state index in [1.807, 2.05) is 0 Å². The second kappa shape index (κ2) is 3.80. The molecule has 1 aromatic carbocycles. The van der Waals surface area contributed by atoms with E-state index in [0.717, 1.165) is 11.4 Å². The van der Waals surface area contributed by atoms with Crippen molar-refractivity contribution >= 4 is 11.6 Å². The summed E-state index contributed by atoms with van der Waals surface area (Å²) in [5, 5.41) is 0.857. The minimum Gasteiger partial charge on any atom is -0.324 e. The van der Waals surface area contributed by atoms with Crippen molar-refractivity contribution in [2.75, 3.05) is 0 Å². The molecule has 0 aliphatic heterocycles. The summed E-state index contributed by atoms with van der Waals surface area (Å²) >= 11 is 6.21. The number of aryl methyl sites for hydroxylation is 1. The smallest absolute Gasteiger partial charge is 0.0441 e. The van der Waals surface area contributed by atoms with Gasteiger partial charge in [0.15, 0.2) is 0 Å². The van der Waals surface area contributed by atoms with Crippen molar-refractivity contribution in [3.63, 3.8) is 0 Å². The van der Waals surface area contributed by atoms with Gasteiger partial charge in [-0.2, -0.15) is 0 Å². The molecule has 0 spiro atoms. The molecule has 0 saturated heterocycles. The number of benzene rings is 1. The molecule has 0 fully saturated rings. The Hall–Kier alpha value is -0.530. The molecule has 0 amide bonds. The van der Waals surface area contributed by atoms with E-state index in [4.69, 9.17) is 17.3 Å². The zero-order valence-electron chi connectivity index (χ0n) is 9.60. The predicted octanol–water partition coefficient (Wildman–Crippen LogP) is 3.85. The van der Waals surface area contributed by atoms with E-state index in [-0.39, 0.29) is 6.04 Å². The summed E-state index contributed by atoms with van der Waals surface area (Å²) in [6.45, 7) is 6.50. The maximum absolute atomic E-state index is 6.21. The molecule has 2 rings (SSSR count).